The first-order valence-corrected chi connectivity index (χ1v) is 7.41. The fourth-order valence-corrected chi connectivity index (χ4v) is 2.56. The highest BCUT2D eigenvalue weighted by atomic mass is 16.5. The molecule has 1 aromatic rings. The van der Waals surface area contributed by atoms with Crippen LogP contribution >= 0.6 is 0 Å². The minimum atomic E-state index is 0.202. The van der Waals surface area contributed by atoms with Gasteiger partial charge in [-0.2, -0.15) is 0 Å². The van der Waals surface area contributed by atoms with E-state index in [0.29, 0.717) is 0 Å². The molecule has 0 spiro atoms. The van der Waals surface area contributed by atoms with Crippen LogP contribution in [0, 0.1) is 5.92 Å². The summed E-state index contributed by atoms with van der Waals surface area (Å²) in [7, 11) is 1.68. The molecule has 20 heavy (non-hydrogen) atoms. The maximum Gasteiger partial charge on any atom is 0.223 e. The molecule has 0 bridgehead atoms. The van der Waals surface area contributed by atoms with Gasteiger partial charge in [-0.3, -0.25) is 4.79 Å². The second kappa shape index (κ2) is 7.90. The zero-order valence-corrected chi connectivity index (χ0v) is 12.2. The van der Waals surface area contributed by atoms with Crippen molar-refractivity contribution in [2.45, 2.75) is 25.7 Å². The highest BCUT2D eigenvalue weighted by Crippen LogP contribution is 2.14. The predicted molar refractivity (Wildman–Crippen MR) is 79.9 cm³/mol. The third-order valence-electron chi connectivity index (χ3n) is 3.79. The molecule has 0 aliphatic carbocycles. The summed E-state index contributed by atoms with van der Waals surface area (Å²) in [5, 5.41) is 6.33. The van der Waals surface area contributed by atoms with Gasteiger partial charge < -0.3 is 15.4 Å². The van der Waals surface area contributed by atoms with E-state index in [4.69, 9.17) is 4.74 Å². The van der Waals surface area contributed by atoms with Crippen molar-refractivity contribution in [1.29, 1.82) is 0 Å². The fraction of sp³-hybridized carbons (Fsp3) is 0.562. The van der Waals surface area contributed by atoms with Crippen molar-refractivity contribution in [3.05, 3.63) is 29.8 Å². The molecule has 0 aromatic heterocycles. The van der Waals surface area contributed by atoms with Gasteiger partial charge in [0.05, 0.1) is 7.11 Å². The third kappa shape index (κ3) is 4.53. The van der Waals surface area contributed by atoms with Crippen LogP contribution < -0.4 is 15.4 Å². The number of hydrogen-bond donors (Lipinski definition) is 2. The SMILES string of the molecule is COc1cccc(CCCNC(=O)C2CCNCC2)c1. The summed E-state index contributed by atoms with van der Waals surface area (Å²) >= 11 is 0. The Labute approximate surface area is 120 Å². The topological polar surface area (TPSA) is 50.4 Å². The van der Waals surface area contributed by atoms with Gasteiger partial charge >= 0.3 is 0 Å². The molecule has 110 valence electrons. The minimum absolute atomic E-state index is 0.202. The lowest BCUT2D eigenvalue weighted by Crippen LogP contribution is -2.38. The Bertz CT molecular complexity index is 428. The van der Waals surface area contributed by atoms with E-state index in [2.05, 4.69) is 22.8 Å². The average Bonchev–Trinajstić information content (AvgIpc) is 2.52. The van der Waals surface area contributed by atoms with Gasteiger partial charge in [0.25, 0.3) is 0 Å². The van der Waals surface area contributed by atoms with Crippen LogP contribution in [0.1, 0.15) is 24.8 Å². The maximum atomic E-state index is 12.0. The van der Waals surface area contributed by atoms with Crippen LogP contribution in [0.15, 0.2) is 24.3 Å². The van der Waals surface area contributed by atoms with Crippen LogP contribution in [0.5, 0.6) is 5.75 Å². The quantitative estimate of drug-likeness (QED) is 0.778. The Hall–Kier alpha value is -1.55. The highest BCUT2D eigenvalue weighted by molar-refractivity contribution is 5.78. The number of amides is 1. The van der Waals surface area contributed by atoms with E-state index in [-0.39, 0.29) is 11.8 Å². The Morgan fingerprint density at radius 3 is 2.95 bits per heavy atom. The van der Waals surface area contributed by atoms with Crippen molar-refractivity contribution in [1.82, 2.24) is 10.6 Å². The second-order valence-electron chi connectivity index (χ2n) is 5.27. The van der Waals surface area contributed by atoms with Crippen molar-refractivity contribution in [2.24, 2.45) is 5.92 Å². The summed E-state index contributed by atoms with van der Waals surface area (Å²) in [6.07, 6.45) is 3.84. The molecule has 0 unspecified atom stereocenters. The summed E-state index contributed by atoms with van der Waals surface area (Å²) in [6, 6.07) is 8.09. The van der Waals surface area contributed by atoms with Gasteiger partial charge in [0.1, 0.15) is 5.75 Å². The smallest absolute Gasteiger partial charge is 0.223 e. The Kier molecular flexibility index (Phi) is 5.87. The fourth-order valence-electron chi connectivity index (χ4n) is 2.56. The lowest BCUT2D eigenvalue weighted by molar-refractivity contribution is -0.125. The number of aryl methyl sites for hydroxylation is 1. The van der Waals surface area contributed by atoms with E-state index in [1.807, 2.05) is 12.1 Å². The molecule has 1 aliphatic rings. The van der Waals surface area contributed by atoms with Gasteiger partial charge in [-0.1, -0.05) is 12.1 Å². The first-order chi connectivity index (χ1) is 9.79. The van der Waals surface area contributed by atoms with Crippen LogP contribution in [-0.4, -0.2) is 32.7 Å². The molecule has 2 rings (SSSR count). The number of hydrogen-bond acceptors (Lipinski definition) is 3. The third-order valence-corrected chi connectivity index (χ3v) is 3.79. The number of carbonyl (C=O) groups is 1. The summed E-state index contributed by atoms with van der Waals surface area (Å²) < 4.78 is 5.20. The zero-order chi connectivity index (χ0) is 14.2. The van der Waals surface area contributed by atoms with Crippen LogP contribution in [0.2, 0.25) is 0 Å². The zero-order valence-electron chi connectivity index (χ0n) is 12.2. The molecule has 0 saturated carbocycles. The number of benzene rings is 1. The Morgan fingerprint density at radius 1 is 1.40 bits per heavy atom. The van der Waals surface area contributed by atoms with Gasteiger partial charge in [0, 0.05) is 12.5 Å². The summed E-state index contributed by atoms with van der Waals surface area (Å²) in [6.45, 7) is 2.67. The first kappa shape index (κ1) is 14.9. The van der Waals surface area contributed by atoms with E-state index in [9.17, 15) is 4.79 Å². The molecule has 2 N–H and O–H groups in total. The minimum Gasteiger partial charge on any atom is -0.497 e. The molecule has 1 amide bonds. The van der Waals surface area contributed by atoms with Crippen LogP contribution in [0.3, 0.4) is 0 Å². The number of methoxy groups -OCH3 is 1. The molecule has 0 radical (unpaired) electrons. The van der Waals surface area contributed by atoms with Crippen LogP contribution in [0.4, 0.5) is 0 Å². The van der Waals surface area contributed by atoms with E-state index in [1.165, 1.54) is 5.56 Å². The second-order valence-corrected chi connectivity index (χ2v) is 5.27. The molecule has 4 heteroatoms. The summed E-state index contributed by atoms with van der Waals surface area (Å²) in [5.41, 5.74) is 1.25. The first-order valence-electron chi connectivity index (χ1n) is 7.41. The Morgan fingerprint density at radius 2 is 2.20 bits per heavy atom. The lowest BCUT2D eigenvalue weighted by Gasteiger charge is -2.21. The predicted octanol–water partition coefficient (Wildman–Crippen LogP) is 1.74. The number of ether oxygens (including phenoxy) is 1. The summed E-state index contributed by atoms with van der Waals surface area (Å²) in [5.74, 6) is 1.31. The standard InChI is InChI=1S/C16H24N2O2/c1-20-15-6-2-4-13(12-15)5-3-9-18-16(19)14-7-10-17-11-8-14/h2,4,6,12,14,17H,3,5,7-11H2,1H3,(H,18,19). The number of piperidine rings is 1. The number of rotatable bonds is 6. The van der Waals surface area contributed by atoms with E-state index >= 15 is 0 Å². The highest BCUT2D eigenvalue weighted by Gasteiger charge is 2.19. The van der Waals surface area contributed by atoms with Gasteiger partial charge in [0.15, 0.2) is 0 Å². The van der Waals surface area contributed by atoms with Gasteiger partial charge in [-0.15, -0.1) is 0 Å². The van der Waals surface area contributed by atoms with Crippen molar-refractivity contribution in [3.63, 3.8) is 0 Å². The van der Waals surface area contributed by atoms with Gasteiger partial charge in [-0.05, 0) is 56.5 Å². The molecule has 1 heterocycles. The lowest BCUT2D eigenvalue weighted by atomic mass is 9.97. The van der Waals surface area contributed by atoms with E-state index < -0.39 is 0 Å². The molecule has 1 saturated heterocycles. The van der Waals surface area contributed by atoms with Gasteiger partial charge in [0.2, 0.25) is 5.91 Å². The number of carbonyl (C=O) groups excluding carboxylic acids is 1. The Balaban J connectivity index is 1.66. The van der Waals surface area contributed by atoms with Crippen LogP contribution in [0.25, 0.3) is 0 Å². The summed E-state index contributed by atoms with van der Waals surface area (Å²) in [4.78, 5) is 12.0. The van der Waals surface area contributed by atoms with Crippen molar-refractivity contribution in [3.8, 4) is 5.75 Å². The molecule has 0 atom stereocenters. The van der Waals surface area contributed by atoms with Crippen molar-refractivity contribution < 1.29 is 9.53 Å². The maximum absolute atomic E-state index is 12.0. The molecule has 4 nitrogen and oxygen atoms in total. The molecule has 1 aromatic carbocycles. The molecule has 1 fully saturated rings. The molecular weight excluding hydrogens is 252 g/mol. The van der Waals surface area contributed by atoms with Crippen molar-refractivity contribution >= 4 is 5.91 Å². The number of nitrogens with one attached hydrogen (secondary N) is 2. The van der Waals surface area contributed by atoms with Crippen molar-refractivity contribution in [2.75, 3.05) is 26.7 Å². The van der Waals surface area contributed by atoms with E-state index in [0.717, 1.165) is 51.1 Å². The molecular formula is C16H24N2O2. The van der Waals surface area contributed by atoms with E-state index in [1.54, 1.807) is 7.11 Å². The average molecular weight is 276 g/mol. The molecule has 1 aliphatic heterocycles. The van der Waals surface area contributed by atoms with Crippen LogP contribution in [-0.2, 0) is 11.2 Å². The monoisotopic (exact) mass is 276 g/mol. The largest absolute Gasteiger partial charge is 0.497 e. The van der Waals surface area contributed by atoms with Gasteiger partial charge in [-0.25, -0.2) is 0 Å². The normalized spacial score (nSPS) is 15.8.